The van der Waals surface area contributed by atoms with E-state index in [0.29, 0.717) is 23.7 Å². The van der Waals surface area contributed by atoms with Gasteiger partial charge < -0.3 is 4.74 Å². The van der Waals surface area contributed by atoms with Crippen LogP contribution in [0.15, 0.2) is 36.4 Å². The van der Waals surface area contributed by atoms with Crippen LogP contribution < -0.4 is 4.74 Å². The minimum Gasteiger partial charge on any atom is -0.457 e. The van der Waals surface area contributed by atoms with Gasteiger partial charge in [-0.3, -0.25) is 0 Å². The summed E-state index contributed by atoms with van der Waals surface area (Å²) >= 11 is 0. The Morgan fingerprint density at radius 2 is 0.880 bits per heavy atom. The van der Waals surface area contributed by atoms with Crippen molar-refractivity contribution in [3.8, 4) is 11.5 Å². The lowest BCUT2D eigenvalue weighted by Gasteiger charge is -2.20. The molecule has 0 heterocycles. The zero-order chi connectivity index (χ0) is 18.7. The van der Waals surface area contributed by atoms with E-state index in [-0.39, 0.29) is 0 Å². The summed E-state index contributed by atoms with van der Waals surface area (Å²) in [6, 6.07) is 13.3. The Balaban J connectivity index is 2.45. The van der Waals surface area contributed by atoms with Crippen LogP contribution in [0.4, 0.5) is 0 Å². The first-order valence-corrected chi connectivity index (χ1v) is 9.66. The van der Waals surface area contributed by atoms with Crippen LogP contribution in [0, 0.1) is 0 Å². The van der Waals surface area contributed by atoms with Crippen molar-refractivity contribution in [1.29, 1.82) is 0 Å². The Bertz CT molecular complexity index is 647. The highest BCUT2D eigenvalue weighted by atomic mass is 16.5. The molecule has 2 aromatic carbocycles. The topological polar surface area (TPSA) is 9.23 Å². The van der Waals surface area contributed by atoms with Gasteiger partial charge in [0.05, 0.1) is 0 Å². The van der Waals surface area contributed by atoms with Crippen molar-refractivity contribution in [2.45, 2.75) is 79.1 Å². The van der Waals surface area contributed by atoms with Gasteiger partial charge in [0.25, 0.3) is 0 Å². The molecule has 0 bridgehead atoms. The molecule has 136 valence electrons. The van der Waals surface area contributed by atoms with E-state index < -0.39 is 0 Å². The Morgan fingerprint density at radius 1 is 0.520 bits per heavy atom. The van der Waals surface area contributed by atoms with Gasteiger partial charge in [-0.05, 0) is 58.1 Å². The second-order valence-corrected chi connectivity index (χ2v) is 8.32. The summed E-state index contributed by atoms with van der Waals surface area (Å²) in [7, 11) is 0. The Morgan fingerprint density at radius 3 is 1.16 bits per heavy atom. The summed E-state index contributed by atoms with van der Waals surface area (Å²) in [5, 5.41) is 0. The third-order valence-corrected chi connectivity index (χ3v) is 4.86. The number of hydrogen-bond acceptors (Lipinski definition) is 1. The number of hydrogen-bond donors (Lipinski definition) is 0. The first kappa shape index (κ1) is 19.6. The summed E-state index contributed by atoms with van der Waals surface area (Å²) in [6.07, 6.45) is 0. The Hall–Kier alpha value is -1.76. The van der Waals surface area contributed by atoms with Crippen molar-refractivity contribution in [2.24, 2.45) is 0 Å². The summed E-state index contributed by atoms with van der Waals surface area (Å²) < 4.78 is 6.43. The van der Waals surface area contributed by atoms with E-state index in [9.17, 15) is 0 Å². The average Bonchev–Trinajstić information content (AvgIpc) is 2.54. The molecule has 25 heavy (non-hydrogen) atoms. The third-order valence-electron chi connectivity index (χ3n) is 4.86. The van der Waals surface area contributed by atoms with Gasteiger partial charge in [0, 0.05) is 0 Å². The van der Waals surface area contributed by atoms with Crippen molar-refractivity contribution in [1.82, 2.24) is 0 Å². The zero-order valence-electron chi connectivity index (χ0n) is 17.2. The molecular weight excluding hydrogens is 304 g/mol. The van der Waals surface area contributed by atoms with Crippen LogP contribution >= 0.6 is 0 Å². The fourth-order valence-corrected chi connectivity index (χ4v) is 3.06. The van der Waals surface area contributed by atoms with Gasteiger partial charge in [-0.2, -0.15) is 0 Å². The lowest BCUT2D eigenvalue weighted by atomic mass is 9.94. The molecule has 0 aromatic heterocycles. The summed E-state index contributed by atoms with van der Waals surface area (Å²) in [5.74, 6) is 3.90. The molecule has 0 aliphatic heterocycles. The molecule has 0 unspecified atom stereocenters. The molecule has 0 aliphatic carbocycles. The zero-order valence-corrected chi connectivity index (χ0v) is 17.2. The maximum atomic E-state index is 6.43. The van der Waals surface area contributed by atoms with E-state index >= 15 is 0 Å². The maximum Gasteiger partial charge on any atom is 0.130 e. The Kier molecular flexibility index (Phi) is 6.32. The highest BCUT2D eigenvalue weighted by Crippen LogP contribution is 2.37. The van der Waals surface area contributed by atoms with Gasteiger partial charge in [-0.15, -0.1) is 0 Å². The molecule has 0 aliphatic rings. The van der Waals surface area contributed by atoms with E-state index in [1.165, 1.54) is 22.3 Å². The first-order chi connectivity index (χ1) is 11.7. The second-order valence-electron chi connectivity index (χ2n) is 8.32. The van der Waals surface area contributed by atoms with Crippen molar-refractivity contribution < 1.29 is 4.74 Å². The van der Waals surface area contributed by atoms with Crippen molar-refractivity contribution in [3.05, 3.63) is 58.7 Å². The molecule has 1 nitrogen and oxygen atoms in total. The van der Waals surface area contributed by atoms with E-state index in [4.69, 9.17) is 4.74 Å². The molecule has 0 radical (unpaired) electrons. The largest absolute Gasteiger partial charge is 0.457 e. The van der Waals surface area contributed by atoms with Gasteiger partial charge in [0.2, 0.25) is 0 Å². The summed E-state index contributed by atoms with van der Waals surface area (Å²) in [6.45, 7) is 17.9. The fourth-order valence-electron chi connectivity index (χ4n) is 3.06. The van der Waals surface area contributed by atoms with E-state index in [1.54, 1.807) is 0 Å². The van der Waals surface area contributed by atoms with Gasteiger partial charge in [0.1, 0.15) is 11.5 Å². The number of ether oxygens (including phenoxy) is 1. The maximum absolute atomic E-state index is 6.43. The standard InChI is InChI=1S/C24H34O/c1-15(2)19-9-11-23(21(13-19)17(5)6)25-24-12-10-20(16(3)4)14-22(24)18(7)8/h9-18H,1-8H3. The van der Waals surface area contributed by atoms with Crippen molar-refractivity contribution in [2.75, 3.05) is 0 Å². The predicted octanol–water partition coefficient (Wildman–Crippen LogP) is 7.97. The summed E-state index contributed by atoms with van der Waals surface area (Å²) in [4.78, 5) is 0. The lowest BCUT2D eigenvalue weighted by molar-refractivity contribution is 0.463. The molecule has 0 saturated carbocycles. The van der Waals surface area contributed by atoms with E-state index in [0.717, 1.165) is 11.5 Å². The van der Waals surface area contributed by atoms with Crippen molar-refractivity contribution >= 4 is 0 Å². The Labute approximate surface area is 154 Å². The molecule has 0 saturated heterocycles. The molecule has 0 spiro atoms. The van der Waals surface area contributed by atoms with Crippen LogP contribution in [0.5, 0.6) is 11.5 Å². The molecule has 0 fully saturated rings. The quantitative estimate of drug-likeness (QED) is 0.519. The predicted molar refractivity (Wildman–Crippen MR) is 109 cm³/mol. The highest BCUT2D eigenvalue weighted by molar-refractivity contribution is 5.47. The van der Waals surface area contributed by atoms with E-state index in [2.05, 4.69) is 91.8 Å². The SMILES string of the molecule is CC(C)c1ccc(Oc2ccc(C(C)C)cc2C(C)C)c(C(C)C)c1. The first-order valence-electron chi connectivity index (χ1n) is 9.66. The average molecular weight is 339 g/mol. The van der Waals surface area contributed by atoms with Gasteiger partial charge in [-0.25, -0.2) is 0 Å². The number of rotatable bonds is 6. The third kappa shape index (κ3) is 4.66. The van der Waals surface area contributed by atoms with Crippen LogP contribution in [-0.4, -0.2) is 0 Å². The molecular formula is C24H34O. The second kappa shape index (κ2) is 8.08. The molecule has 1 heteroatoms. The van der Waals surface area contributed by atoms with Gasteiger partial charge in [-0.1, -0.05) is 79.7 Å². The highest BCUT2D eigenvalue weighted by Gasteiger charge is 2.15. The number of benzene rings is 2. The van der Waals surface area contributed by atoms with Gasteiger partial charge >= 0.3 is 0 Å². The lowest BCUT2D eigenvalue weighted by Crippen LogP contribution is -2.01. The normalized spacial score (nSPS) is 11.8. The van der Waals surface area contributed by atoms with Crippen LogP contribution in [-0.2, 0) is 0 Å². The summed E-state index contributed by atoms with van der Waals surface area (Å²) in [5.41, 5.74) is 5.31. The molecule has 0 N–H and O–H groups in total. The van der Waals surface area contributed by atoms with Crippen LogP contribution in [0.2, 0.25) is 0 Å². The smallest absolute Gasteiger partial charge is 0.130 e. The fraction of sp³-hybridized carbons (Fsp3) is 0.500. The molecule has 0 amide bonds. The van der Waals surface area contributed by atoms with Crippen molar-refractivity contribution in [3.63, 3.8) is 0 Å². The monoisotopic (exact) mass is 338 g/mol. The molecule has 0 atom stereocenters. The minimum atomic E-state index is 0.436. The molecule has 2 aromatic rings. The van der Waals surface area contributed by atoms with E-state index in [1.807, 2.05) is 0 Å². The van der Waals surface area contributed by atoms with Crippen LogP contribution in [0.1, 0.15) is 101 Å². The van der Waals surface area contributed by atoms with Crippen LogP contribution in [0.25, 0.3) is 0 Å². The van der Waals surface area contributed by atoms with Gasteiger partial charge in [0.15, 0.2) is 0 Å². The van der Waals surface area contributed by atoms with Crippen LogP contribution in [0.3, 0.4) is 0 Å². The molecule has 2 rings (SSSR count). The minimum absolute atomic E-state index is 0.436.